The summed E-state index contributed by atoms with van der Waals surface area (Å²) >= 11 is 0. The van der Waals surface area contributed by atoms with Crippen molar-refractivity contribution in [2.45, 2.75) is 18.9 Å². The number of anilines is 1. The number of fused-ring (bicyclic) bond motifs is 3. The SMILES string of the molecule is Fc1cccc(N2CCC(C3c4c(F)cccc4-c4cncn43)CC2)c1. The molecule has 26 heavy (non-hydrogen) atoms. The molecule has 2 aliphatic rings. The van der Waals surface area contributed by atoms with E-state index in [1.807, 2.05) is 24.7 Å². The van der Waals surface area contributed by atoms with Crippen LogP contribution in [0, 0.1) is 17.6 Å². The Kier molecular flexibility index (Phi) is 3.55. The molecule has 5 rings (SSSR count). The van der Waals surface area contributed by atoms with E-state index in [1.54, 1.807) is 24.3 Å². The first kappa shape index (κ1) is 15.6. The minimum Gasteiger partial charge on any atom is -0.371 e. The third kappa shape index (κ3) is 2.34. The average molecular weight is 351 g/mol. The number of nitrogens with zero attached hydrogens (tertiary/aromatic N) is 3. The minimum absolute atomic E-state index is 0.00152. The second-order valence-electron chi connectivity index (χ2n) is 7.14. The Morgan fingerprint density at radius 1 is 1.00 bits per heavy atom. The van der Waals surface area contributed by atoms with E-state index in [0.717, 1.165) is 48.4 Å². The number of rotatable bonds is 2. The van der Waals surface area contributed by atoms with Crippen LogP contribution in [0.1, 0.15) is 24.4 Å². The number of hydrogen-bond donors (Lipinski definition) is 0. The third-order valence-corrected chi connectivity index (χ3v) is 5.75. The maximum absolute atomic E-state index is 14.6. The van der Waals surface area contributed by atoms with Gasteiger partial charge >= 0.3 is 0 Å². The van der Waals surface area contributed by atoms with Gasteiger partial charge < -0.3 is 9.47 Å². The van der Waals surface area contributed by atoms with Crippen LogP contribution in [0.25, 0.3) is 11.3 Å². The number of aromatic nitrogens is 2. The van der Waals surface area contributed by atoms with Gasteiger partial charge in [0.15, 0.2) is 0 Å². The largest absolute Gasteiger partial charge is 0.371 e. The third-order valence-electron chi connectivity index (χ3n) is 5.75. The Morgan fingerprint density at radius 3 is 2.62 bits per heavy atom. The van der Waals surface area contributed by atoms with E-state index in [-0.39, 0.29) is 17.7 Å². The van der Waals surface area contributed by atoms with Crippen LogP contribution in [0.15, 0.2) is 55.0 Å². The molecule has 2 aromatic carbocycles. The first-order chi connectivity index (χ1) is 12.7. The average Bonchev–Trinajstić information content (AvgIpc) is 3.24. The Labute approximate surface area is 150 Å². The Morgan fingerprint density at radius 2 is 1.81 bits per heavy atom. The maximum atomic E-state index is 14.6. The summed E-state index contributed by atoms with van der Waals surface area (Å²) in [4.78, 5) is 6.49. The second kappa shape index (κ2) is 5.94. The van der Waals surface area contributed by atoms with Crippen molar-refractivity contribution in [3.8, 4) is 11.3 Å². The number of imidazole rings is 1. The molecule has 0 spiro atoms. The monoisotopic (exact) mass is 351 g/mol. The molecular formula is C21H19F2N3. The van der Waals surface area contributed by atoms with Crippen LogP contribution in [0.3, 0.4) is 0 Å². The highest BCUT2D eigenvalue weighted by molar-refractivity contribution is 5.69. The van der Waals surface area contributed by atoms with Crippen molar-refractivity contribution >= 4 is 5.69 Å². The van der Waals surface area contributed by atoms with Crippen LogP contribution in [-0.4, -0.2) is 22.6 Å². The zero-order chi connectivity index (χ0) is 17.7. The standard InChI is InChI=1S/C21H19F2N3/c22-15-3-1-4-16(11-15)25-9-7-14(8-10-25)21-20-17(5-2-6-18(20)23)19-12-24-13-26(19)21/h1-6,11-14,21H,7-10H2. The summed E-state index contributed by atoms with van der Waals surface area (Å²) in [5.41, 5.74) is 3.68. The molecule has 5 heteroatoms. The fourth-order valence-corrected chi connectivity index (χ4v) is 4.54. The fraction of sp³-hybridized carbons (Fsp3) is 0.286. The smallest absolute Gasteiger partial charge is 0.129 e. The lowest BCUT2D eigenvalue weighted by atomic mass is 9.85. The Bertz CT molecular complexity index is 957. The van der Waals surface area contributed by atoms with Gasteiger partial charge in [-0.05, 0) is 43.0 Å². The second-order valence-corrected chi connectivity index (χ2v) is 7.14. The highest BCUT2D eigenvalue weighted by Gasteiger charge is 2.37. The van der Waals surface area contributed by atoms with Crippen molar-refractivity contribution < 1.29 is 8.78 Å². The summed E-state index contributed by atoms with van der Waals surface area (Å²) in [6.45, 7) is 1.69. The van der Waals surface area contributed by atoms with Gasteiger partial charge in [0, 0.05) is 29.9 Å². The molecule has 3 nitrogen and oxygen atoms in total. The van der Waals surface area contributed by atoms with Gasteiger partial charge in [0.1, 0.15) is 11.6 Å². The van der Waals surface area contributed by atoms with E-state index >= 15 is 0 Å². The molecular weight excluding hydrogens is 332 g/mol. The normalized spacial score (nSPS) is 19.5. The van der Waals surface area contributed by atoms with Gasteiger partial charge in [-0.15, -0.1) is 0 Å². The predicted molar refractivity (Wildman–Crippen MR) is 97.1 cm³/mol. The topological polar surface area (TPSA) is 21.1 Å². The highest BCUT2D eigenvalue weighted by Crippen LogP contribution is 2.46. The number of benzene rings is 2. The van der Waals surface area contributed by atoms with E-state index < -0.39 is 0 Å². The van der Waals surface area contributed by atoms with Gasteiger partial charge in [-0.3, -0.25) is 0 Å². The molecule has 2 aliphatic heterocycles. The van der Waals surface area contributed by atoms with E-state index in [1.165, 1.54) is 6.07 Å². The molecule has 0 aliphatic carbocycles. The quantitative estimate of drug-likeness (QED) is 0.670. The highest BCUT2D eigenvalue weighted by atomic mass is 19.1. The lowest BCUT2D eigenvalue weighted by Crippen LogP contribution is -2.36. The Balaban J connectivity index is 1.43. The zero-order valence-corrected chi connectivity index (χ0v) is 14.3. The first-order valence-corrected chi connectivity index (χ1v) is 9.03. The van der Waals surface area contributed by atoms with Gasteiger partial charge in [-0.1, -0.05) is 18.2 Å². The van der Waals surface area contributed by atoms with Gasteiger partial charge in [-0.25, -0.2) is 13.8 Å². The van der Waals surface area contributed by atoms with Gasteiger partial charge in [0.25, 0.3) is 0 Å². The molecule has 0 N–H and O–H groups in total. The summed E-state index contributed by atoms with van der Waals surface area (Å²) in [6, 6.07) is 12.0. The van der Waals surface area contributed by atoms with Crippen molar-refractivity contribution in [2.24, 2.45) is 5.92 Å². The molecule has 1 aromatic heterocycles. The van der Waals surface area contributed by atoms with Crippen molar-refractivity contribution in [3.05, 3.63) is 72.2 Å². The van der Waals surface area contributed by atoms with Crippen LogP contribution >= 0.6 is 0 Å². The molecule has 1 fully saturated rings. The number of hydrogen-bond acceptors (Lipinski definition) is 2. The van der Waals surface area contributed by atoms with Crippen LogP contribution < -0.4 is 4.90 Å². The molecule has 0 radical (unpaired) electrons. The van der Waals surface area contributed by atoms with Crippen LogP contribution in [0.2, 0.25) is 0 Å². The molecule has 0 saturated carbocycles. The van der Waals surface area contributed by atoms with Crippen LogP contribution in [-0.2, 0) is 0 Å². The first-order valence-electron chi connectivity index (χ1n) is 9.03. The van der Waals surface area contributed by atoms with Crippen LogP contribution in [0.5, 0.6) is 0 Å². The Hall–Kier alpha value is -2.69. The van der Waals surface area contributed by atoms with E-state index in [2.05, 4.69) is 14.5 Å². The lowest BCUT2D eigenvalue weighted by molar-refractivity contribution is 0.312. The summed E-state index contributed by atoms with van der Waals surface area (Å²) in [5.74, 6) is -0.00542. The summed E-state index contributed by atoms with van der Waals surface area (Å²) < 4.78 is 30.3. The van der Waals surface area contributed by atoms with Gasteiger partial charge in [-0.2, -0.15) is 0 Å². The molecule has 1 unspecified atom stereocenters. The number of piperidine rings is 1. The predicted octanol–water partition coefficient (Wildman–Crippen LogP) is 4.65. The molecule has 1 saturated heterocycles. The van der Waals surface area contributed by atoms with Crippen molar-refractivity contribution in [2.75, 3.05) is 18.0 Å². The molecule has 3 aromatic rings. The lowest BCUT2D eigenvalue weighted by Gasteiger charge is -2.37. The number of halogens is 2. The summed E-state index contributed by atoms with van der Waals surface area (Å²) in [5, 5.41) is 0. The van der Waals surface area contributed by atoms with Crippen molar-refractivity contribution in [3.63, 3.8) is 0 Å². The molecule has 132 valence electrons. The van der Waals surface area contributed by atoms with E-state index in [0.29, 0.717) is 5.92 Å². The zero-order valence-electron chi connectivity index (χ0n) is 14.3. The fourth-order valence-electron chi connectivity index (χ4n) is 4.54. The molecule has 0 bridgehead atoms. The maximum Gasteiger partial charge on any atom is 0.129 e. The van der Waals surface area contributed by atoms with E-state index in [4.69, 9.17) is 0 Å². The molecule has 0 amide bonds. The minimum atomic E-state index is -0.209. The molecule has 1 atom stereocenters. The van der Waals surface area contributed by atoms with Crippen LogP contribution in [0.4, 0.5) is 14.5 Å². The van der Waals surface area contributed by atoms with Crippen molar-refractivity contribution in [1.29, 1.82) is 0 Å². The van der Waals surface area contributed by atoms with Gasteiger partial charge in [0.05, 0.1) is 24.3 Å². The summed E-state index contributed by atoms with van der Waals surface area (Å²) in [7, 11) is 0. The molecule has 3 heterocycles. The van der Waals surface area contributed by atoms with E-state index in [9.17, 15) is 8.78 Å². The summed E-state index contributed by atoms with van der Waals surface area (Å²) in [6.07, 6.45) is 5.51. The van der Waals surface area contributed by atoms with Crippen molar-refractivity contribution in [1.82, 2.24) is 9.55 Å². The van der Waals surface area contributed by atoms with Gasteiger partial charge in [0.2, 0.25) is 0 Å².